The van der Waals surface area contributed by atoms with Gasteiger partial charge in [-0.2, -0.15) is 0 Å². The number of nitrogens with one attached hydrogen (secondary N) is 1. The van der Waals surface area contributed by atoms with Crippen LogP contribution in [0.1, 0.15) is 10.4 Å². The Morgan fingerprint density at radius 3 is 2.31 bits per heavy atom. The zero-order valence-electron chi connectivity index (χ0n) is 15.8. The molecule has 0 aromatic heterocycles. The summed E-state index contributed by atoms with van der Waals surface area (Å²) in [7, 11) is -0.818. The standard InChI is InChI=1S/C21H19ClN2O3S2/c1-24(2)29(26,27)16-12-13-18(22)17(14-16)21(25)23-19-10-6-7-11-20(19)28-15-8-4-3-5-9-15/h3-14H,1-2H3,(H,23,25). The lowest BCUT2D eigenvalue weighted by Crippen LogP contribution is -2.23. The number of nitrogens with zero attached hydrogens (tertiary/aromatic N) is 1. The highest BCUT2D eigenvalue weighted by Gasteiger charge is 2.21. The average molecular weight is 447 g/mol. The largest absolute Gasteiger partial charge is 0.321 e. The van der Waals surface area contributed by atoms with Crippen LogP contribution in [0.3, 0.4) is 0 Å². The quantitative estimate of drug-likeness (QED) is 0.579. The van der Waals surface area contributed by atoms with Crippen molar-refractivity contribution in [1.29, 1.82) is 0 Å². The van der Waals surface area contributed by atoms with E-state index in [-0.39, 0.29) is 15.5 Å². The summed E-state index contributed by atoms with van der Waals surface area (Å²) < 4.78 is 25.9. The second-order valence-corrected chi connectivity index (χ2v) is 9.97. The number of rotatable bonds is 6. The molecule has 0 atom stereocenters. The second kappa shape index (κ2) is 9.00. The van der Waals surface area contributed by atoms with E-state index < -0.39 is 15.9 Å². The van der Waals surface area contributed by atoms with Crippen LogP contribution in [0.15, 0.2) is 87.5 Å². The fraction of sp³-hybridized carbons (Fsp3) is 0.0952. The maximum atomic E-state index is 12.9. The van der Waals surface area contributed by atoms with Gasteiger partial charge in [0.25, 0.3) is 5.91 Å². The monoisotopic (exact) mass is 446 g/mol. The van der Waals surface area contributed by atoms with Gasteiger partial charge in [0.1, 0.15) is 0 Å². The number of carbonyl (C=O) groups is 1. The van der Waals surface area contributed by atoms with Crippen LogP contribution in [0.2, 0.25) is 5.02 Å². The summed E-state index contributed by atoms with van der Waals surface area (Å²) in [5.41, 5.74) is 0.706. The van der Waals surface area contributed by atoms with Crippen molar-refractivity contribution >= 4 is 45.0 Å². The smallest absolute Gasteiger partial charge is 0.257 e. The van der Waals surface area contributed by atoms with E-state index >= 15 is 0 Å². The Morgan fingerprint density at radius 2 is 1.62 bits per heavy atom. The van der Waals surface area contributed by atoms with Gasteiger partial charge in [-0.25, -0.2) is 12.7 Å². The van der Waals surface area contributed by atoms with Crippen LogP contribution in [0.5, 0.6) is 0 Å². The molecule has 3 aromatic rings. The van der Waals surface area contributed by atoms with Gasteiger partial charge >= 0.3 is 0 Å². The SMILES string of the molecule is CN(C)S(=O)(=O)c1ccc(Cl)c(C(=O)Nc2ccccc2Sc2ccccc2)c1. The highest BCUT2D eigenvalue weighted by Crippen LogP contribution is 2.33. The molecule has 1 amide bonds. The van der Waals surface area contributed by atoms with E-state index in [1.54, 1.807) is 6.07 Å². The van der Waals surface area contributed by atoms with Crippen molar-refractivity contribution in [2.45, 2.75) is 14.7 Å². The van der Waals surface area contributed by atoms with E-state index in [1.165, 1.54) is 44.1 Å². The summed E-state index contributed by atoms with van der Waals surface area (Å²) in [4.78, 5) is 14.8. The van der Waals surface area contributed by atoms with Gasteiger partial charge in [-0.15, -0.1) is 0 Å². The first-order valence-corrected chi connectivity index (χ1v) is 11.3. The van der Waals surface area contributed by atoms with E-state index in [1.807, 2.05) is 48.5 Å². The highest BCUT2D eigenvalue weighted by atomic mass is 35.5. The second-order valence-electron chi connectivity index (χ2n) is 6.29. The van der Waals surface area contributed by atoms with E-state index in [9.17, 15) is 13.2 Å². The first-order chi connectivity index (χ1) is 13.8. The number of anilines is 1. The number of carbonyl (C=O) groups excluding carboxylic acids is 1. The zero-order valence-corrected chi connectivity index (χ0v) is 18.2. The van der Waals surface area contributed by atoms with Gasteiger partial charge in [-0.3, -0.25) is 4.79 Å². The van der Waals surface area contributed by atoms with Crippen molar-refractivity contribution in [1.82, 2.24) is 4.31 Å². The van der Waals surface area contributed by atoms with Crippen LogP contribution < -0.4 is 5.32 Å². The van der Waals surface area contributed by atoms with Crippen molar-refractivity contribution in [2.75, 3.05) is 19.4 Å². The molecule has 150 valence electrons. The molecule has 0 saturated heterocycles. The molecule has 0 aliphatic rings. The number of amides is 1. The molecule has 29 heavy (non-hydrogen) atoms. The molecule has 0 bridgehead atoms. The number of hydrogen-bond donors (Lipinski definition) is 1. The maximum Gasteiger partial charge on any atom is 0.257 e. The number of sulfonamides is 1. The molecule has 0 unspecified atom stereocenters. The Kier molecular flexibility index (Phi) is 6.64. The van der Waals surface area contributed by atoms with Crippen LogP contribution in [0, 0.1) is 0 Å². The lowest BCUT2D eigenvalue weighted by molar-refractivity contribution is 0.102. The third-order valence-corrected chi connectivity index (χ3v) is 7.29. The van der Waals surface area contributed by atoms with Gasteiger partial charge in [0, 0.05) is 23.9 Å². The molecule has 0 radical (unpaired) electrons. The van der Waals surface area contributed by atoms with Crippen LogP contribution in [0.4, 0.5) is 5.69 Å². The van der Waals surface area contributed by atoms with E-state index in [4.69, 9.17) is 11.6 Å². The van der Waals surface area contributed by atoms with Crippen molar-refractivity contribution in [2.24, 2.45) is 0 Å². The average Bonchev–Trinajstić information content (AvgIpc) is 2.70. The minimum absolute atomic E-state index is 0.00370. The lowest BCUT2D eigenvalue weighted by atomic mass is 10.2. The Morgan fingerprint density at radius 1 is 0.966 bits per heavy atom. The van der Waals surface area contributed by atoms with Gasteiger partial charge < -0.3 is 5.32 Å². The van der Waals surface area contributed by atoms with E-state index in [0.717, 1.165) is 14.1 Å². The molecule has 0 fully saturated rings. The molecular weight excluding hydrogens is 428 g/mol. The molecule has 3 rings (SSSR count). The van der Waals surface area contributed by atoms with Gasteiger partial charge in [0.2, 0.25) is 10.0 Å². The Hall–Kier alpha value is -2.32. The molecule has 0 aliphatic carbocycles. The molecule has 0 saturated carbocycles. The first kappa shape index (κ1) is 21.4. The van der Waals surface area contributed by atoms with Crippen LogP contribution in [-0.2, 0) is 10.0 Å². The summed E-state index contributed by atoms with van der Waals surface area (Å²) in [6.07, 6.45) is 0. The van der Waals surface area contributed by atoms with Gasteiger partial charge in [-0.1, -0.05) is 53.7 Å². The minimum atomic E-state index is -3.68. The number of hydrogen-bond acceptors (Lipinski definition) is 4. The van der Waals surface area contributed by atoms with Crippen LogP contribution >= 0.6 is 23.4 Å². The maximum absolute atomic E-state index is 12.9. The molecule has 0 heterocycles. The van der Waals surface area contributed by atoms with E-state index in [2.05, 4.69) is 5.32 Å². The van der Waals surface area contributed by atoms with Crippen molar-refractivity contribution in [3.63, 3.8) is 0 Å². The molecule has 5 nitrogen and oxygen atoms in total. The predicted octanol–water partition coefficient (Wildman–Crippen LogP) is 4.99. The third kappa shape index (κ3) is 5.00. The van der Waals surface area contributed by atoms with Gasteiger partial charge in [0.05, 0.1) is 21.2 Å². The Balaban J connectivity index is 1.90. The molecule has 0 aliphatic heterocycles. The number of para-hydroxylation sites is 1. The molecular formula is C21H19ClN2O3S2. The summed E-state index contributed by atoms with van der Waals surface area (Å²) in [5, 5.41) is 3.02. The number of benzene rings is 3. The molecule has 3 aromatic carbocycles. The third-order valence-electron chi connectivity index (χ3n) is 4.07. The molecule has 1 N–H and O–H groups in total. The Labute approximate surface area is 179 Å². The van der Waals surface area contributed by atoms with Crippen molar-refractivity contribution in [3.8, 4) is 0 Å². The van der Waals surface area contributed by atoms with Crippen LogP contribution in [0.25, 0.3) is 0 Å². The van der Waals surface area contributed by atoms with Crippen molar-refractivity contribution in [3.05, 3.63) is 83.4 Å². The first-order valence-electron chi connectivity index (χ1n) is 8.64. The Bertz CT molecular complexity index is 1130. The topological polar surface area (TPSA) is 66.5 Å². The minimum Gasteiger partial charge on any atom is -0.321 e. The summed E-state index contributed by atoms with van der Waals surface area (Å²) in [6.45, 7) is 0. The summed E-state index contributed by atoms with van der Waals surface area (Å²) >= 11 is 7.70. The summed E-state index contributed by atoms with van der Waals surface area (Å²) in [5.74, 6) is -0.480. The van der Waals surface area contributed by atoms with E-state index in [0.29, 0.717) is 5.69 Å². The lowest BCUT2D eigenvalue weighted by Gasteiger charge is -2.14. The van der Waals surface area contributed by atoms with Crippen molar-refractivity contribution < 1.29 is 13.2 Å². The van der Waals surface area contributed by atoms with Gasteiger partial charge in [0.15, 0.2) is 0 Å². The zero-order chi connectivity index (χ0) is 21.0. The predicted molar refractivity (Wildman–Crippen MR) is 117 cm³/mol. The van der Waals surface area contributed by atoms with Crippen LogP contribution in [-0.4, -0.2) is 32.7 Å². The molecule has 8 heteroatoms. The normalized spacial score (nSPS) is 11.4. The van der Waals surface area contributed by atoms with Gasteiger partial charge in [-0.05, 0) is 42.5 Å². The summed E-state index contributed by atoms with van der Waals surface area (Å²) in [6, 6.07) is 21.3. The fourth-order valence-corrected chi connectivity index (χ4v) is 4.57. The highest BCUT2D eigenvalue weighted by molar-refractivity contribution is 7.99. The fourth-order valence-electron chi connectivity index (χ4n) is 2.51. The number of halogens is 1. The molecule has 0 spiro atoms.